The molecule has 1 fully saturated rings. The first-order chi connectivity index (χ1) is 8.63. The summed E-state index contributed by atoms with van der Waals surface area (Å²) in [6.45, 7) is 3.71. The summed E-state index contributed by atoms with van der Waals surface area (Å²) in [5, 5.41) is 6.12. The van der Waals surface area contributed by atoms with Crippen LogP contribution in [0, 0.1) is 0 Å². The van der Waals surface area contributed by atoms with Crippen molar-refractivity contribution in [1.82, 2.24) is 9.88 Å². The van der Waals surface area contributed by atoms with Crippen molar-refractivity contribution in [3.05, 3.63) is 18.2 Å². The van der Waals surface area contributed by atoms with Crippen molar-refractivity contribution in [3.8, 4) is 0 Å². The van der Waals surface area contributed by atoms with Gasteiger partial charge >= 0.3 is 0 Å². The number of aromatic nitrogens is 1. The van der Waals surface area contributed by atoms with Gasteiger partial charge in [-0.2, -0.15) is 0 Å². The van der Waals surface area contributed by atoms with Crippen molar-refractivity contribution in [2.75, 3.05) is 30.8 Å². The Morgan fingerprint density at radius 3 is 2.67 bits per heavy atom. The van der Waals surface area contributed by atoms with Crippen LogP contribution in [0.5, 0.6) is 0 Å². The van der Waals surface area contributed by atoms with E-state index >= 15 is 0 Å². The molecule has 0 unspecified atom stereocenters. The van der Waals surface area contributed by atoms with Crippen molar-refractivity contribution >= 4 is 17.5 Å². The standard InChI is InChI=1S/C13H20N4O/c1-10(18)14-12-4-3-5-13(16-12)15-11-6-8-17(2)9-7-11/h3-5,11H,6-9H2,1-2H3,(H2,14,15,16,18). The summed E-state index contributed by atoms with van der Waals surface area (Å²) in [5.41, 5.74) is 0. The van der Waals surface area contributed by atoms with E-state index in [9.17, 15) is 4.79 Å². The second kappa shape index (κ2) is 5.82. The molecule has 5 heteroatoms. The quantitative estimate of drug-likeness (QED) is 0.852. The average Bonchev–Trinajstić information content (AvgIpc) is 2.32. The van der Waals surface area contributed by atoms with Gasteiger partial charge in [-0.25, -0.2) is 4.98 Å². The molecular weight excluding hydrogens is 228 g/mol. The minimum Gasteiger partial charge on any atom is -0.367 e. The van der Waals surface area contributed by atoms with Crippen LogP contribution in [0.15, 0.2) is 18.2 Å². The lowest BCUT2D eigenvalue weighted by Gasteiger charge is -2.29. The highest BCUT2D eigenvalue weighted by molar-refractivity contribution is 5.87. The predicted molar refractivity (Wildman–Crippen MR) is 72.7 cm³/mol. The van der Waals surface area contributed by atoms with Gasteiger partial charge in [-0.05, 0) is 45.1 Å². The third kappa shape index (κ3) is 3.70. The summed E-state index contributed by atoms with van der Waals surface area (Å²) >= 11 is 0. The van der Waals surface area contributed by atoms with Crippen LogP contribution < -0.4 is 10.6 Å². The fraction of sp³-hybridized carbons (Fsp3) is 0.538. The Balaban J connectivity index is 1.94. The summed E-state index contributed by atoms with van der Waals surface area (Å²) in [6, 6.07) is 6.10. The van der Waals surface area contributed by atoms with Gasteiger partial charge < -0.3 is 15.5 Å². The number of carbonyl (C=O) groups is 1. The monoisotopic (exact) mass is 248 g/mol. The van der Waals surface area contributed by atoms with E-state index < -0.39 is 0 Å². The Morgan fingerprint density at radius 1 is 1.33 bits per heavy atom. The maximum absolute atomic E-state index is 11.0. The zero-order valence-corrected chi connectivity index (χ0v) is 10.9. The lowest BCUT2D eigenvalue weighted by molar-refractivity contribution is -0.114. The van der Waals surface area contributed by atoms with Crippen molar-refractivity contribution in [2.24, 2.45) is 0 Å². The molecule has 1 aromatic rings. The molecule has 1 amide bonds. The topological polar surface area (TPSA) is 57.3 Å². The van der Waals surface area contributed by atoms with Gasteiger partial charge in [-0.15, -0.1) is 0 Å². The number of nitrogens with one attached hydrogen (secondary N) is 2. The Hall–Kier alpha value is -1.62. The van der Waals surface area contributed by atoms with E-state index in [1.54, 1.807) is 6.07 Å². The van der Waals surface area contributed by atoms with Crippen LogP contribution in [0.25, 0.3) is 0 Å². The smallest absolute Gasteiger partial charge is 0.222 e. The van der Waals surface area contributed by atoms with Crippen LogP contribution in [-0.4, -0.2) is 42.0 Å². The first-order valence-corrected chi connectivity index (χ1v) is 6.33. The Bertz CT molecular complexity index is 413. The molecule has 0 spiro atoms. The number of hydrogen-bond donors (Lipinski definition) is 2. The molecule has 0 aliphatic carbocycles. The molecule has 98 valence electrons. The summed E-state index contributed by atoms with van der Waals surface area (Å²) in [5.74, 6) is 1.33. The van der Waals surface area contributed by atoms with E-state index in [4.69, 9.17) is 0 Å². The second-order valence-corrected chi connectivity index (χ2v) is 4.81. The van der Waals surface area contributed by atoms with E-state index in [0.717, 1.165) is 31.7 Å². The number of anilines is 2. The number of likely N-dealkylation sites (tertiary alicyclic amines) is 1. The lowest BCUT2D eigenvalue weighted by atomic mass is 10.1. The van der Waals surface area contributed by atoms with Crippen molar-refractivity contribution in [2.45, 2.75) is 25.8 Å². The van der Waals surface area contributed by atoms with Crippen LogP contribution in [0.1, 0.15) is 19.8 Å². The van der Waals surface area contributed by atoms with Crippen LogP contribution in [0.3, 0.4) is 0 Å². The van der Waals surface area contributed by atoms with Crippen LogP contribution in [0.2, 0.25) is 0 Å². The molecule has 1 aromatic heterocycles. The molecule has 0 saturated carbocycles. The fourth-order valence-electron chi connectivity index (χ4n) is 2.13. The first kappa shape index (κ1) is 12.8. The number of nitrogens with zero attached hydrogens (tertiary/aromatic N) is 2. The van der Waals surface area contributed by atoms with Crippen LogP contribution in [-0.2, 0) is 4.79 Å². The van der Waals surface area contributed by atoms with E-state index in [0.29, 0.717) is 11.9 Å². The molecule has 1 saturated heterocycles. The molecule has 2 N–H and O–H groups in total. The molecule has 0 radical (unpaired) electrons. The molecule has 2 rings (SSSR count). The fourth-order valence-corrected chi connectivity index (χ4v) is 2.13. The summed E-state index contributed by atoms with van der Waals surface area (Å²) in [7, 11) is 2.14. The molecule has 0 bridgehead atoms. The third-order valence-corrected chi connectivity index (χ3v) is 3.12. The molecule has 1 aliphatic rings. The molecule has 1 aliphatic heterocycles. The van der Waals surface area contributed by atoms with Gasteiger partial charge in [0.25, 0.3) is 0 Å². The van der Waals surface area contributed by atoms with Crippen LogP contribution in [0.4, 0.5) is 11.6 Å². The largest absolute Gasteiger partial charge is 0.367 e. The van der Waals surface area contributed by atoms with Crippen LogP contribution >= 0.6 is 0 Å². The van der Waals surface area contributed by atoms with E-state index in [1.807, 2.05) is 12.1 Å². The summed E-state index contributed by atoms with van der Waals surface area (Å²) < 4.78 is 0. The van der Waals surface area contributed by atoms with Gasteiger partial charge in [-0.3, -0.25) is 4.79 Å². The molecule has 5 nitrogen and oxygen atoms in total. The lowest BCUT2D eigenvalue weighted by Crippen LogP contribution is -2.36. The van der Waals surface area contributed by atoms with Gasteiger partial charge in [0.1, 0.15) is 11.6 Å². The molecule has 0 aromatic carbocycles. The van der Waals surface area contributed by atoms with Crippen molar-refractivity contribution < 1.29 is 4.79 Å². The minimum absolute atomic E-state index is 0.0982. The Morgan fingerprint density at radius 2 is 2.00 bits per heavy atom. The number of hydrogen-bond acceptors (Lipinski definition) is 4. The van der Waals surface area contributed by atoms with E-state index in [-0.39, 0.29) is 5.91 Å². The molecule has 0 atom stereocenters. The predicted octanol–water partition coefficient (Wildman–Crippen LogP) is 1.55. The minimum atomic E-state index is -0.0982. The van der Waals surface area contributed by atoms with E-state index in [1.165, 1.54) is 6.92 Å². The summed E-state index contributed by atoms with van der Waals surface area (Å²) in [6.07, 6.45) is 2.26. The van der Waals surface area contributed by atoms with Gasteiger partial charge in [0.15, 0.2) is 0 Å². The number of carbonyl (C=O) groups excluding carboxylic acids is 1. The third-order valence-electron chi connectivity index (χ3n) is 3.12. The SMILES string of the molecule is CC(=O)Nc1cccc(NC2CCN(C)CC2)n1. The van der Waals surface area contributed by atoms with Gasteiger partial charge in [-0.1, -0.05) is 6.07 Å². The van der Waals surface area contributed by atoms with Crippen molar-refractivity contribution in [3.63, 3.8) is 0 Å². The average molecular weight is 248 g/mol. The molecule has 2 heterocycles. The number of rotatable bonds is 3. The normalized spacial score (nSPS) is 17.4. The first-order valence-electron chi connectivity index (χ1n) is 6.33. The highest BCUT2D eigenvalue weighted by atomic mass is 16.1. The highest BCUT2D eigenvalue weighted by Crippen LogP contribution is 2.15. The van der Waals surface area contributed by atoms with E-state index in [2.05, 4.69) is 27.6 Å². The van der Waals surface area contributed by atoms with Gasteiger partial charge in [0.05, 0.1) is 0 Å². The molecular formula is C13H20N4O. The second-order valence-electron chi connectivity index (χ2n) is 4.81. The Kier molecular flexibility index (Phi) is 4.15. The zero-order chi connectivity index (χ0) is 13.0. The number of amides is 1. The van der Waals surface area contributed by atoms with Gasteiger partial charge in [0, 0.05) is 13.0 Å². The Labute approximate surface area is 108 Å². The zero-order valence-electron chi connectivity index (χ0n) is 10.9. The maximum Gasteiger partial charge on any atom is 0.222 e. The van der Waals surface area contributed by atoms with Gasteiger partial charge in [0.2, 0.25) is 5.91 Å². The number of pyridine rings is 1. The molecule has 18 heavy (non-hydrogen) atoms. The maximum atomic E-state index is 11.0. The highest BCUT2D eigenvalue weighted by Gasteiger charge is 2.16. The van der Waals surface area contributed by atoms with Crippen molar-refractivity contribution in [1.29, 1.82) is 0 Å². The number of piperidine rings is 1. The summed E-state index contributed by atoms with van der Waals surface area (Å²) in [4.78, 5) is 17.7.